The monoisotopic (exact) mass is 818 g/mol. The summed E-state index contributed by atoms with van der Waals surface area (Å²) in [6, 6.07) is 77.0. The van der Waals surface area contributed by atoms with Gasteiger partial charge in [-0.25, -0.2) is 24.9 Å². The Morgan fingerprint density at radius 2 is 0.672 bits per heavy atom. The summed E-state index contributed by atoms with van der Waals surface area (Å²) in [5.74, 6) is 2.55. The van der Waals surface area contributed by atoms with Crippen LogP contribution in [0.15, 0.2) is 231 Å². The lowest BCUT2D eigenvalue weighted by molar-refractivity contribution is 1.07. The van der Waals surface area contributed by atoms with Gasteiger partial charge in [0.25, 0.3) is 0 Å². The van der Waals surface area contributed by atoms with Crippen molar-refractivity contribution in [2.75, 3.05) is 0 Å². The van der Waals surface area contributed by atoms with E-state index in [0.717, 1.165) is 78.3 Å². The highest BCUT2D eigenvalue weighted by Gasteiger charge is 2.16. The second-order valence-corrected chi connectivity index (χ2v) is 15.6. The minimum Gasteiger partial charge on any atom is -0.256 e. The van der Waals surface area contributed by atoms with Crippen LogP contribution in [-0.4, -0.2) is 29.9 Å². The third-order valence-electron chi connectivity index (χ3n) is 11.4. The minimum atomic E-state index is 0.612. The van der Waals surface area contributed by atoms with Gasteiger partial charge in [-0.3, -0.25) is 4.98 Å². The first-order valence-corrected chi connectivity index (χ1v) is 21.3. The molecule has 0 amide bonds. The van der Waals surface area contributed by atoms with Gasteiger partial charge < -0.3 is 0 Å². The van der Waals surface area contributed by atoms with Crippen LogP contribution in [0.3, 0.4) is 0 Å². The van der Waals surface area contributed by atoms with Crippen LogP contribution in [0.25, 0.3) is 112 Å². The third-order valence-corrected chi connectivity index (χ3v) is 11.4. The van der Waals surface area contributed by atoms with Crippen LogP contribution in [0, 0.1) is 0 Å². The molecule has 0 spiro atoms. The van der Waals surface area contributed by atoms with E-state index < -0.39 is 0 Å². The second-order valence-electron chi connectivity index (χ2n) is 15.6. The fourth-order valence-electron chi connectivity index (χ4n) is 8.09. The van der Waals surface area contributed by atoms with Crippen molar-refractivity contribution in [1.29, 1.82) is 0 Å². The molecule has 0 fully saturated rings. The summed E-state index contributed by atoms with van der Waals surface area (Å²) in [4.78, 5) is 29.8. The van der Waals surface area contributed by atoms with Crippen molar-refractivity contribution in [2.24, 2.45) is 0 Å². The van der Waals surface area contributed by atoms with Crippen molar-refractivity contribution in [1.82, 2.24) is 29.9 Å². The first-order valence-electron chi connectivity index (χ1n) is 21.3. The number of aromatic nitrogens is 6. The lowest BCUT2D eigenvalue weighted by Gasteiger charge is -2.14. The van der Waals surface area contributed by atoms with Crippen LogP contribution in [0.5, 0.6) is 0 Å². The molecule has 0 radical (unpaired) electrons. The molecule has 0 N–H and O–H groups in total. The molecule has 3 heterocycles. The zero-order chi connectivity index (χ0) is 42.7. The largest absolute Gasteiger partial charge is 0.256 e. The maximum atomic E-state index is 5.15. The van der Waals surface area contributed by atoms with Gasteiger partial charge in [0, 0.05) is 45.1 Å². The molecule has 6 nitrogen and oxygen atoms in total. The first-order chi connectivity index (χ1) is 31.7. The fraction of sp³-hybridized carbons (Fsp3) is 0. The highest BCUT2D eigenvalue weighted by Crippen LogP contribution is 2.37. The average molecular weight is 819 g/mol. The van der Waals surface area contributed by atoms with E-state index in [0.29, 0.717) is 23.3 Å². The summed E-state index contributed by atoms with van der Waals surface area (Å²) in [5, 5.41) is 2.37. The summed E-state index contributed by atoms with van der Waals surface area (Å²) < 4.78 is 0. The summed E-state index contributed by atoms with van der Waals surface area (Å²) in [6.45, 7) is 0. The highest BCUT2D eigenvalue weighted by molar-refractivity contribution is 5.89. The van der Waals surface area contributed by atoms with Crippen molar-refractivity contribution < 1.29 is 0 Å². The van der Waals surface area contributed by atoms with Crippen LogP contribution in [-0.2, 0) is 0 Å². The van der Waals surface area contributed by atoms with Crippen molar-refractivity contribution in [2.45, 2.75) is 0 Å². The van der Waals surface area contributed by atoms with Gasteiger partial charge in [0.2, 0.25) is 0 Å². The Labute approximate surface area is 371 Å². The molecule has 0 aliphatic heterocycles. The van der Waals surface area contributed by atoms with E-state index in [4.69, 9.17) is 29.9 Å². The molecule has 11 rings (SSSR count). The minimum absolute atomic E-state index is 0.612. The molecule has 0 unspecified atom stereocenters. The molecule has 0 bridgehead atoms. The zero-order valence-electron chi connectivity index (χ0n) is 34.6. The Bertz CT molecular complexity index is 3340. The van der Waals surface area contributed by atoms with Gasteiger partial charge >= 0.3 is 0 Å². The molecule has 0 aliphatic carbocycles. The maximum absolute atomic E-state index is 5.15. The van der Waals surface area contributed by atoms with E-state index in [2.05, 4.69) is 133 Å². The van der Waals surface area contributed by atoms with Gasteiger partial charge in [-0.05, 0) is 63.4 Å². The Morgan fingerprint density at radius 3 is 1.27 bits per heavy atom. The zero-order valence-corrected chi connectivity index (χ0v) is 34.6. The average Bonchev–Trinajstić information content (AvgIpc) is 3.39. The number of benzene rings is 8. The van der Waals surface area contributed by atoms with Crippen LogP contribution in [0.2, 0.25) is 0 Å². The van der Waals surface area contributed by atoms with E-state index in [1.54, 1.807) is 0 Å². The van der Waals surface area contributed by atoms with Crippen LogP contribution in [0.1, 0.15) is 0 Å². The molecule has 3 aromatic heterocycles. The Balaban J connectivity index is 0.956. The van der Waals surface area contributed by atoms with Crippen LogP contribution in [0.4, 0.5) is 0 Å². The Morgan fingerprint density at radius 1 is 0.219 bits per heavy atom. The lowest BCUT2D eigenvalue weighted by atomic mass is 9.92. The van der Waals surface area contributed by atoms with E-state index in [1.807, 2.05) is 97.2 Å². The molecule has 0 aliphatic rings. The van der Waals surface area contributed by atoms with Crippen LogP contribution >= 0.6 is 0 Å². The molecule has 64 heavy (non-hydrogen) atoms. The SMILES string of the molecule is c1ccc(-c2cc(-c3ccc4ccccc4c3)nc(-c3ccc(-c4ccc(-c5ccccn5)c(-c5ccc(-c6nc(-c7ccccc7)nc(-c7ccccc7)n6)cc5)c4)cc3)n2)cc1. The number of pyridine rings is 1. The molecule has 0 saturated carbocycles. The maximum Gasteiger partial charge on any atom is 0.164 e. The summed E-state index contributed by atoms with van der Waals surface area (Å²) >= 11 is 0. The van der Waals surface area contributed by atoms with E-state index in [9.17, 15) is 0 Å². The molecule has 0 atom stereocenters. The summed E-state index contributed by atoms with van der Waals surface area (Å²) in [5.41, 5.74) is 13.8. The number of hydrogen-bond acceptors (Lipinski definition) is 6. The molecular weight excluding hydrogens is 781 g/mol. The van der Waals surface area contributed by atoms with Gasteiger partial charge in [-0.2, -0.15) is 0 Å². The van der Waals surface area contributed by atoms with Gasteiger partial charge in [0.1, 0.15) is 0 Å². The molecule has 0 saturated heterocycles. The lowest BCUT2D eigenvalue weighted by Crippen LogP contribution is -2.00. The number of hydrogen-bond donors (Lipinski definition) is 0. The number of rotatable bonds is 9. The molecule has 300 valence electrons. The van der Waals surface area contributed by atoms with Crippen molar-refractivity contribution >= 4 is 10.8 Å². The Kier molecular flexibility index (Phi) is 10.1. The molecule has 11 aromatic rings. The molecule has 8 aromatic carbocycles. The van der Waals surface area contributed by atoms with Gasteiger partial charge in [-0.1, -0.05) is 194 Å². The van der Waals surface area contributed by atoms with E-state index >= 15 is 0 Å². The summed E-state index contributed by atoms with van der Waals surface area (Å²) in [6.07, 6.45) is 1.84. The molecular formula is C58H38N6. The van der Waals surface area contributed by atoms with Crippen molar-refractivity contribution in [3.05, 3.63) is 231 Å². The van der Waals surface area contributed by atoms with E-state index in [-0.39, 0.29) is 0 Å². The molecule has 6 heteroatoms. The topological polar surface area (TPSA) is 77.3 Å². The van der Waals surface area contributed by atoms with E-state index in [1.165, 1.54) is 10.8 Å². The van der Waals surface area contributed by atoms with Crippen molar-refractivity contribution in [3.8, 4) is 102 Å². The predicted octanol–water partition coefficient (Wildman–Crippen LogP) is 14.2. The quantitative estimate of drug-likeness (QED) is 0.144. The highest BCUT2D eigenvalue weighted by atomic mass is 15.0. The summed E-state index contributed by atoms with van der Waals surface area (Å²) in [7, 11) is 0. The smallest absolute Gasteiger partial charge is 0.164 e. The predicted molar refractivity (Wildman–Crippen MR) is 260 cm³/mol. The Hall–Kier alpha value is -8.74. The second kappa shape index (κ2) is 17.0. The van der Waals surface area contributed by atoms with Crippen LogP contribution < -0.4 is 0 Å². The number of nitrogens with zero attached hydrogens (tertiary/aromatic N) is 6. The standard InChI is InChI=1S/C58H38N6/c1-4-15-42(16-5-1)53-38-54(49-32-25-39-14-10-11-21-47(39)36-49)61-55(60-53)45-28-23-40(24-29-45)48-33-34-50(52-22-12-13-35-59-52)51(37-48)41-26-30-46(31-27-41)58-63-56(43-17-6-2-7-18-43)62-57(64-58)44-19-8-3-9-20-44/h1-38H. The van der Waals surface area contributed by atoms with Gasteiger partial charge in [0.15, 0.2) is 23.3 Å². The normalized spacial score (nSPS) is 11.1. The van der Waals surface area contributed by atoms with Gasteiger partial charge in [-0.15, -0.1) is 0 Å². The van der Waals surface area contributed by atoms with Gasteiger partial charge in [0.05, 0.1) is 17.1 Å². The first kappa shape index (κ1) is 38.2. The fourth-order valence-corrected chi connectivity index (χ4v) is 8.09. The third kappa shape index (κ3) is 7.83. The number of fused-ring (bicyclic) bond motifs is 1. The van der Waals surface area contributed by atoms with Crippen molar-refractivity contribution in [3.63, 3.8) is 0 Å².